The van der Waals surface area contributed by atoms with Crippen molar-refractivity contribution in [3.63, 3.8) is 0 Å². The maximum absolute atomic E-state index is 12.9. The second-order valence-electron chi connectivity index (χ2n) is 10.5. The molecule has 4 heteroatoms. The molecule has 1 N–H and O–H groups in total. The van der Waals surface area contributed by atoms with Crippen LogP contribution in [0.5, 0.6) is 0 Å². The number of carbonyl (C=O) groups is 2. The minimum absolute atomic E-state index is 0.0815. The first-order valence-electron chi connectivity index (χ1n) is 11.0. The highest BCUT2D eigenvalue weighted by atomic mass is 16.5. The van der Waals surface area contributed by atoms with Crippen LogP contribution in [-0.4, -0.2) is 23.1 Å². The smallest absolute Gasteiger partial charge is 0.310 e. The zero-order chi connectivity index (χ0) is 20.2. The van der Waals surface area contributed by atoms with E-state index >= 15 is 0 Å². The van der Waals surface area contributed by atoms with Crippen LogP contribution in [0.3, 0.4) is 0 Å². The van der Waals surface area contributed by atoms with Gasteiger partial charge in [0, 0.05) is 0 Å². The van der Waals surface area contributed by atoms with Gasteiger partial charge in [0.2, 0.25) is 0 Å². The molecule has 4 nitrogen and oxygen atoms in total. The summed E-state index contributed by atoms with van der Waals surface area (Å²) in [7, 11) is 0. The molecule has 0 spiro atoms. The van der Waals surface area contributed by atoms with E-state index in [0.717, 1.165) is 38.0 Å². The highest BCUT2D eigenvalue weighted by Gasteiger charge is 2.40. The summed E-state index contributed by atoms with van der Waals surface area (Å²) >= 11 is 0. The van der Waals surface area contributed by atoms with Crippen LogP contribution in [0, 0.1) is 35.0 Å². The quantitative estimate of drug-likeness (QED) is 0.601. The van der Waals surface area contributed by atoms with Crippen molar-refractivity contribution in [3.05, 3.63) is 0 Å². The molecule has 2 fully saturated rings. The Kier molecular flexibility index (Phi) is 7.76. The molecule has 0 aromatic carbocycles. The first-order valence-corrected chi connectivity index (χ1v) is 11.0. The lowest BCUT2D eigenvalue weighted by atomic mass is 9.72. The van der Waals surface area contributed by atoms with Gasteiger partial charge >= 0.3 is 11.9 Å². The van der Waals surface area contributed by atoms with Crippen LogP contribution in [0.1, 0.15) is 92.4 Å². The molecule has 2 aliphatic carbocycles. The molecule has 0 saturated heterocycles. The van der Waals surface area contributed by atoms with E-state index in [-0.39, 0.29) is 17.5 Å². The molecule has 0 aromatic rings. The van der Waals surface area contributed by atoms with Crippen LogP contribution >= 0.6 is 0 Å². The molecule has 3 atom stereocenters. The van der Waals surface area contributed by atoms with Crippen molar-refractivity contribution in [1.82, 2.24) is 0 Å². The van der Waals surface area contributed by atoms with Crippen molar-refractivity contribution in [2.75, 3.05) is 0 Å². The Hall–Kier alpha value is -1.06. The fourth-order valence-electron chi connectivity index (χ4n) is 5.04. The monoisotopic (exact) mass is 380 g/mol. The molecule has 156 valence electrons. The molecule has 3 unspecified atom stereocenters. The second kappa shape index (κ2) is 9.43. The molecule has 2 rings (SSSR count). The van der Waals surface area contributed by atoms with E-state index in [4.69, 9.17) is 4.74 Å². The maximum atomic E-state index is 12.9. The van der Waals surface area contributed by atoms with E-state index in [2.05, 4.69) is 34.6 Å². The predicted molar refractivity (Wildman–Crippen MR) is 107 cm³/mol. The summed E-state index contributed by atoms with van der Waals surface area (Å²) in [6.45, 7) is 11.2. The van der Waals surface area contributed by atoms with Gasteiger partial charge in [0.05, 0.1) is 11.8 Å². The maximum Gasteiger partial charge on any atom is 0.310 e. The normalized spacial score (nSPS) is 30.7. The van der Waals surface area contributed by atoms with Gasteiger partial charge in [-0.15, -0.1) is 0 Å². The molecule has 2 saturated carbocycles. The van der Waals surface area contributed by atoms with Gasteiger partial charge in [-0.05, 0) is 68.1 Å². The Bertz CT molecular complexity index is 497. The van der Waals surface area contributed by atoms with E-state index < -0.39 is 17.8 Å². The highest BCUT2D eigenvalue weighted by molar-refractivity contribution is 5.81. The van der Waals surface area contributed by atoms with Gasteiger partial charge in [-0.25, -0.2) is 0 Å². The molecule has 0 amide bonds. The van der Waals surface area contributed by atoms with E-state index in [9.17, 15) is 14.7 Å². The van der Waals surface area contributed by atoms with Gasteiger partial charge in [0.25, 0.3) is 0 Å². The van der Waals surface area contributed by atoms with E-state index in [1.807, 2.05) is 0 Å². The van der Waals surface area contributed by atoms with Crippen LogP contribution in [0.15, 0.2) is 0 Å². The molecular weight excluding hydrogens is 340 g/mol. The number of carboxylic acids is 1. The summed E-state index contributed by atoms with van der Waals surface area (Å²) in [5, 5.41) is 9.50. The van der Waals surface area contributed by atoms with Crippen LogP contribution in [0.4, 0.5) is 0 Å². The average Bonchev–Trinajstić information content (AvgIpc) is 2.60. The lowest BCUT2D eigenvalue weighted by Crippen LogP contribution is -2.39. The minimum Gasteiger partial charge on any atom is -0.481 e. The van der Waals surface area contributed by atoms with Gasteiger partial charge in [-0.1, -0.05) is 47.5 Å². The third-order valence-electron chi connectivity index (χ3n) is 6.75. The fraction of sp³-hybridized carbons (Fsp3) is 0.913. The number of esters is 1. The summed E-state index contributed by atoms with van der Waals surface area (Å²) < 4.78 is 6.08. The number of hydrogen-bond donors (Lipinski definition) is 1. The van der Waals surface area contributed by atoms with Crippen molar-refractivity contribution >= 4 is 11.9 Å². The van der Waals surface area contributed by atoms with Crippen LogP contribution in [0.25, 0.3) is 0 Å². The molecule has 2 aliphatic rings. The van der Waals surface area contributed by atoms with Crippen molar-refractivity contribution in [3.8, 4) is 0 Å². The predicted octanol–water partition coefficient (Wildman–Crippen LogP) is 5.69. The average molecular weight is 381 g/mol. The van der Waals surface area contributed by atoms with Crippen LogP contribution < -0.4 is 0 Å². The third-order valence-corrected chi connectivity index (χ3v) is 6.75. The van der Waals surface area contributed by atoms with Crippen molar-refractivity contribution in [1.29, 1.82) is 0 Å². The number of ether oxygens (including phenoxy) is 1. The minimum atomic E-state index is -0.846. The lowest BCUT2D eigenvalue weighted by molar-refractivity contribution is -0.168. The fourth-order valence-corrected chi connectivity index (χ4v) is 5.04. The van der Waals surface area contributed by atoms with E-state index in [1.165, 1.54) is 12.8 Å². The molecule has 0 aliphatic heterocycles. The van der Waals surface area contributed by atoms with E-state index in [0.29, 0.717) is 24.7 Å². The summed E-state index contributed by atoms with van der Waals surface area (Å²) in [5.41, 5.74) is 0.0820. The van der Waals surface area contributed by atoms with Crippen LogP contribution in [-0.2, 0) is 14.3 Å². The SMILES string of the molecule is CC(C)C1CCC(C(CC(C)(C)C)OC(=O)C2CCCCC2C(=O)O)CC1. The largest absolute Gasteiger partial charge is 0.481 e. The van der Waals surface area contributed by atoms with Gasteiger partial charge in [-0.2, -0.15) is 0 Å². The number of carbonyl (C=O) groups excluding carboxylic acids is 1. The molecule has 0 radical (unpaired) electrons. The van der Waals surface area contributed by atoms with Crippen LogP contribution in [0.2, 0.25) is 0 Å². The van der Waals surface area contributed by atoms with Gasteiger partial charge in [-0.3, -0.25) is 9.59 Å². The molecule has 27 heavy (non-hydrogen) atoms. The standard InChI is InChI=1S/C23H40O4/c1-15(2)16-10-12-17(13-11-16)20(14-23(3,4)5)27-22(26)19-9-7-6-8-18(19)21(24)25/h15-20H,6-14H2,1-5H3,(H,24,25). The lowest BCUT2D eigenvalue weighted by Gasteiger charge is -2.38. The zero-order valence-electron chi connectivity index (χ0n) is 18.0. The van der Waals surface area contributed by atoms with E-state index in [1.54, 1.807) is 0 Å². The Balaban J connectivity index is 2.05. The summed E-state index contributed by atoms with van der Waals surface area (Å²) in [5.74, 6) is -0.238. The third kappa shape index (κ3) is 6.50. The number of carboxylic acid groups (broad SMARTS) is 1. The molecule has 0 heterocycles. The topological polar surface area (TPSA) is 63.6 Å². The summed E-state index contributed by atoms with van der Waals surface area (Å²) in [4.78, 5) is 24.5. The number of aliphatic carboxylic acids is 1. The first-order chi connectivity index (χ1) is 12.6. The molecule has 0 bridgehead atoms. The van der Waals surface area contributed by atoms with Crippen molar-refractivity contribution in [2.45, 2.75) is 98.5 Å². The first kappa shape index (κ1) is 22.2. The second-order valence-corrected chi connectivity index (χ2v) is 10.5. The summed E-state index contributed by atoms with van der Waals surface area (Å²) in [6.07, 6.45) is 8.48. The number of rotatable bonds is 6. The van der Waals surface area contributed by atoms with Gasteiger partial charge in [0.15, 0.2) is 0 Å². The van der Waals surface area contributed by atoms with Gasteiger partial charge < -0.3 is 9.84 Å². The Morgan fingerprint density at radius 3 is 1.93 bits per heavy atom. The Morgan fingerprint density at radius 2 is 1.44 bits per heavy atom. The van der Waals surface area contributed by atoms with Gasteiger partial charge in [0.1, 0.15) is 6.10 Å². The Morgan fingerprint density at radius 1 is 0.926 bits per heavy atom. The summed E-state index contributed by atoms with van der Waals surface area (Å²) in [6, 6.07) is 0. The van der Waals surface area contributed by atoms with Crippen molar-refractivity contribution < 1.29 is 19.4 Å². The molecule has 0 aromatic heterocycles. The number of hydrogen-bond acceptors (Lipinski definition) is 3. The zero-order valence-corrected chi connectivity index (χ0v) is 18.0. The Labute approximate surface area is 165 Å². The highest BCUT2D eigenvalue weighted by Crippen LogP contribution is 2.40. The molecular formula is C23H40O4. The van der Waals surface area contributed by atoms with Crippen molar-refractivity contribution in [2.24, 2.45) is 35.0 Å².